The Bertz CT molecular complexity index is 865. The van der Waals surface area contributed by atoms with E-state index in [0.717, 1.165) is 5.56 Å². The minimum Gasteiger partial charge on any atom is -0.470 e. The summed E-state index contributed by atoms with van der Waals surface area (Å²) in [5.74, 6) is 0.159. The summed E-state index contributed by atoms with van der Waals surface area (Å²) in [6.45, 7) is 1.88. The van der Waals surface area contributed by atoms with E-state index in [1.165, 1.54) is 0 Å². The van der Waals surface area contributed by atoms with E-state index in [-0.39, 0.29) is 30.9 Å². The summed E-state index contributed by atoms with van der Waals surface area (Å²) in [4.78, 5) is 27.2. The molecule has 1 aromatic carbocycles. The third-order valence-electron chi connectivity index (χ3n) is 3.74. The van der Waals surface area contributed by atoms with Crippen LogP contribution < -0.4 is 15.4 Å². The Hall–Kier alpha value is -3.40. The van der Waals surface area contributed by atoms with E-state index in [2.05, 4.69) is 15.6 Å². The summed E-state index contributed by atoms with van der Waals surface area (Å²) in [7, 11) is 0. The second-order valence-electron chi connectivity index (χ2n) is 5.77. The van der Waals surface area contributed by atoms with Gasteiger partial charge in [-0.3, -0.25) is 14.6 Å². The average molecular weight is 336 g/mol. The molecule has 3 rings (SSSR count). The maximum absolute atomic E-state index is 12.3. The first-order valence-corrected chi connectivity index (χ1v) is 7.74. The smallest absolute Gasteiger partial charge is 0.228 e. The van der Waals surface area contributed by atoms with Crippen molar-refractivity contribution in [1.82, 2.24) is 10.3 Å². The predicted octanol–water partition coefficient (Wildman–Crippen LogP) is 1.67. The van der Waals surface area contributed by atoms with Crippen molar-refractivity contribution in [2.75, 3.05) is 5.32 Å². The van der Waals surface area contributed by atoms with E-state index in [4.69, 9.17) is 10.00 Å². The van der Waals surface area contributed by atoms with Crippen molar-refractivity contribution in [3.8, 4) is 11.8 Å². The maximum Gasteiger partial charge on any atom is 0.228 e. The number of hydrogen-bond donors (Lipinski definition) is 2. The Morgan fingerprint density at radius 3 is 2.96 bits per heavy atom. The molecule has 0 saturated carbocycles. The number of ether oxygens (including phenoxy) is 1. The molecule has 126 valence electrons. The second-order valence-corrected chi connectivity index (χ2v) is 5.77. The van der Waals surface area contributed by atoms with Crippen LogP contribution in [-0.2, 0) is 16.0 Å². The van der Waals surface area contributed by atoms with E-state index in [1.54, 1.807) is 30.6 Å². The van der Waals surface area contributed by atoms with Gasteiger partial charge in [0.2, 0.25) is 11.8 Å². The predicted molar refractivity (Wildman–Crippen MR) is 89.6 cm³/mol. The summed E-state index contributed by atoms with van der Waals surface area (Å²) in [5, 5.41) is 14.6. The lowest BCUT2D eigenvalue weighted by molar-refractivity contribution is -0.134. The number of amides is 2. The Morgan fingerprint density at radius 1 is 1.48 bits per heavy atom. The number of nitriles is 1. The fourth-order valence-electron chi connectivity index (χ4n) is 2.43. The van der Waals surface area contributed by atoms with Crippen LogP contribution in [0.15, 0.2) is 36.7 Å². The molecule has 1 unspecified atom stereocenters. The Morgan fingerprint density at radius 2 is 2.28 bits per heavy atom. The lowest BCUT2D eigenvalue weighted by Gasteiger charge is -2.27. The lowest BCUT2D eigenvalue weighted by Crippen LogP contribution is -2.51. The standard InChI is InChI=1S/C18H16N4O3/c1-11-2-3-20-10-15(11)21-16(23)7-12-4-13(9-19)6-14(5-12)25-18-8-17(24)22-18/h2-6,10,18H,7-8H2,1H3,(H,21,23)(H,22,24). The largest absolute Gasteiger partial charge is 0.470 e. The highest BCUT2D eigenvalue weighted by atomic mass is 16.5. The Labute approximate surface area is 144 Å². The molecule has 1 saturated heterocycles. The minimum absolute atomic E-state index is 0.0760. The molecular weight excluding hydrogens is 320 g/mol. The zero-order valence-electron chi connectivity index (χ0n) is 13.6. The summed E-state index contributed by atoms with van der Waals surface area (Å²) in [6, 6.07) is 8.78. The molecule has 0 aliphatic carbocycles. The normalized spacial score (nSPS) is 15.5. The van der Waals surface area contributed by atoms with Crippen molar-refractivity contribution in [3.05, 3.63) is 53.3 Å². The number of anilines is 1. The summed E-state index contributed by atoms with van der Waals surface area (Å²) in [6.07, 6.45) is 3.24. The van der Waals surface area contributed by atoms with Gasteiger partial charge in [0, 0.05) is 6.20 Å². The van der Waals surface area contributed by atoms with Gasteiger partial charge in [-0.2, -0.15) is 5.26 Å². The van der Waals surface area contributed by atoms with Crippen LogP contribution in [0.25, 0.3) is 0 Å². The summed E-state index contributed by atoms with van der Waals surface area (Å²) < 4.78 is 5.60. The minimum atomic E-state index is -0.388. The quantitative estimate of drug-likeness (QED) is 0.808. The zero-order valence-corrected chi connectivity index (χ0v) is 13.6. The molecule has 0 bridgehead atoms. The van der Waals surface area contributed by atoms with Crippen molar-refractivity contribution in [1.29, 1.82) is 5.26 Å². The van der Waals surface area contributed by atoms with Gasteiger partial charge in [0.1, 0.15) is 5.75 Å². The first kappa shape index (κ1) is 16.5. The van der Waals surface area contributed by atoms with Gasteiger partial charge < -0.3 is 15.4 Å². The maximum atomic E-state index is 12.3. The molecule has 25 heavy (non-hydrogen) atoms. The molecule has 7 heteroatoms. The van der Waals surface area contributed by atoms with Crippen molar-refractivity contribution in [2.45, 2.75) is 26.0 Å². The average Bonchev–Trinajstić information content (AvgIpc) is 2.55. The topological polar surface area (TPSA) is 104 Å². The molecule has 1 aliphatic heterocycles. The van der Waals surface area contributed by atoms with Crippen LogP contribution in [0, 0.1) is 18.3 Å². The fourth-order valence-corrected chi connectivity index (χ4v) is 2.43. The van der Waals surface area contributed by atoms with Gasteiger partial charge in [-0.15, -0.1) is 0 Å². The summed E-state index contributed by atoms with van der Waals surface area (Å²) in [5.41, 5.74) is 2.61. The SMILES string of the molecule is Cc1ccncc1NC(=O)Cc1cc(C#N)cc(OC2CC(=O)N2)c1. The van der Waals surface area contributed by atoms with Gasteiger partial charge in [-0.05, 0) is 42.3 Å². The highest BCUT2D eigenvalue weighted by molar-refractivity contribution is 5.92. The van der Waals surface area contributed by atoms with E-state index >= 15 is 0 Å². The highest BCUT2D eigenvalue weighted by Gasteiger charge is 2.27. The van der Waals surface area contributed by atoms with E-state index in [1.807, 2.05) is 19.1 Å². The first-order chi connectivity index (χ1) is 12.0. The van der Waals surface area contributed by atoms with Gasteiger partial charge in [0.25, 0.3) is 0 Å². The number of hydrogen-bond acceptors (Lipinski definition) is 5. The number of nitrogens with one attached hydrogen (secondary N) is 2. The van der Waals surface area contributed by atoms with Crippen LogP contribution >= 0.6 is 0 Å². The van der Waals surface area contributed by atoms with Gasteiger partial charge in [-0.1, -0.05) is 0 Å². The molecule has 2 aromatic rings. The van der Waals surface area contributed by atoms with E-state index in [9.17, 15) is 9.59 Å². The molecule has 7 nitrogen and oxygen atoms in total. The Kier molecular flexibility index (Phi) is 4.61. The molecule has 2 amide bonds. The van der Waals surface area contributed by atoms with E-state index in [0.29, 0.717) is 22.6 Å². The van der Waals surface area contributed by atoms with Gasteiger partial charge in [0.05, 0.1) is 36.4 Å². The van der Waals surface area contributed by atoms with Gasteiger partial charge in [-0.25, -0.2) is 0 Å². The van der Waals surface area contributed by atoms with Gasteiger partial charge in [0.15, 0.2) is 6.23 Å². The lowest BCUT2D eigenvalue weighted by atomic mass is 10.1. The van der Waals surface area contributed by atoms with Crippen molar-refractivity contribution in [3.63, 3.8) is 0 Å². The highest BCUT2D eigenvalue weighted by Crippen LogP contribution is 2.21. The number of β-lactam (4-membered cyclic amide) rings is 1. The number of carbonyl (C=O) groups is 2. The number of rotatable bonds is 5. The molecule has 0 radical (unpaired) electrons. The van der Waals surface area contributed by atoms with Crippen molar-refractivity contribution >= 4 is 17.5 Å². The van der Waals surface area contributed by atoms with Crippen LogP contribution in [0.2, 0.25) is 0 Å². The second kappa shape index (κ2) is 7.01. The third-order valence-corrected chi connectivity index (χ3v) is 3.74. The number of benzene rings is 1. The van der Waals surface area contributed by atoms with Crippen LogP contribution in [0.5, 0.6) is 5.75 Å². The van der Waals surface area contributed by atoms with E-state index < -0.39 is 0 Å². The third kappa shape index (κ3) is 4.12. The summed E-state index contributed by atoms with van der Waals surface area (Å²) >= 11 is 0. The molecule has 0 spiro atoms. The van der Waals surface area contributed by atoms with Crippen LogP contribution in [-0.4, -0.2) is 23.0 Å². The number of nitrogens with zero attached hydrogens (tertiary/aromatic N) is 2. The van der Waals surface area contributed by atoms with Crippen LogP contribution in [0.3, 0.4) is 0 Å². The molecule has 1 aliphatic rings. The van der Waals surface area contributed by atoms with Crippen molar-refractivity contribution < 1.29 is 14.3 Å². The Balaban J connectivity index is 1.70. The first-order valence-electron chi connectivity index (χ1n) is 7.74. The fraction of sp³-hybridized carbons (Fsp3) is 0.222. The number of aryl methyl sites for hydroxylation is 1. The molecule has 1 aromatic heterocycles. The number of carbonyl (C=O) groups excluding carboxylic acids is 2. The molecule has 1 atom stereocenters. The van der Waals surface area contributed by atoms with Crippen LogP contribution in [0.1, 0.15) is 23.1 Å². The molecule has 2 heterocycles. The molecule has 1 fully saturated rings. The molecule has 2 N–H and O–H groups in total. The zero-order chi connectivity index (χ0) is 17.8. The van der Waals surface area contributed by atoms with Crippen LogP contribution in [0.4, 0.5) is 5.69 Å². The van der Waals surface area contributed by atoms with Gasteiger partial charge >= 0.3 is 0 Å². The molecular formula is C18H16N4O3. The van der Waals surface area contributed by atoms with Crippen molar-refractivity contribution in [2.24, 2.45) is 0 Å². The number of pyridine rings is 1. The number of aromatic nitrogens is 1. The monoisotopic (exact) mass is 336 g/mol.